The van der Waals surface area contributed by atoms with E-state index in [4.69, 9.17) is 0 Å². The first-order valence-corrected chi connectivity index (χ1v) is 9.93. The Bertz CT molecular complexity index is 595. The van der Waals surface area contributed by atoms with Gasteiger partial charge in [0.15, 0.2) is 0 Å². The van der Waals surface area contributed by atoms with Crippen molar-refractivity contribution in [2.24, 2.45) is 17.8 Å². The Hall–Kier alpha value is -1.51. The van der Waals surface area contributed by atoms with Gasteiger partial charge in [0.2, 0.25) is 0 Å². The molecule has 0 unspecified atom stereocenters. The van der Waals surface area contributed by atoms with E-state index in [2.05, 4.69) is 18.7 Å². The zero-order valence-electron chi connectivity index (χ0n) is 15.3. The first-order valence-electron chi connectivity index (χ1n) is 9.93. The third-order valence-electron chi connectivity index (χ3n) is 6.48. The maximum Gasteiger partial charge on any atom is 0.416 e. The maximum atomic E-state index is 12.7. The first-order chi connectivity index (χ1) is 12.5. The van der Waals surface area contributed by atoms with E-state index in [0.29, 0.717) is 11.8 Å². The summed E-state index contributed by atoms with van der Waals surface area (Å²) in [5.74, 6) is 2.80. The van der Waals surface area contributed by atoms with E-state index < -0.39 is 11.7 Å². The van der Waals surface area contributed by atoms with Crippen LogP contribution < -0.4 is 0 Å². The van der Waals surface area contributed by atoms with Crippen molar-refractivity contribution in [3.05, 3.63) is 60.2 Å². The van der Waals surface area contributed by atoms with Gasteiger partial charge in [0.25, 0.3) is 0 Å². The fraction of sp³-hybridized carbons (Fsp3) is 0.565. The molecule has 1 aromatic carbocycles. The number of alkyl halides is 3. The molecule has 0 N–H and O–H groups in total. The first kappa shape index (κ1) is 19.3. The minimum absolute atomic E-state index is 0.431. The van der Waals surface area contributed by atoms with Gasteiger partial charge < -0.3 is 0 Å². The van der Waals surface area contributed by atoms with Crippen molar-refractivity contribution < 1.29 is 13.2 Å². The third-order valence-corrected chi connectivity index (χ3v) is 6.48. The molecule has 2 aliphatic carbocycles. The number of rotatable bonds is 4. The molecule has 0 aromatic heterocycles. The molecule has 2 fully saturated rings. The molecule has 3 heteroatoms. The van der Waals surface area contributed by atoms with Gasteiger partial charge in [-0.1, -0.05) is 36.9 Å². The SMILES string of the molecule is C=CC=CC1CCC(C2CCC(c3ccc(C(F)(F)F)cc3)CC2)CC1. The smallest absolute Gasteiger partial charge is 0.166 e. The van der Waals surface area contributed by atoms with E-state index in [1.165, 1.54) is 50.7 Å². The summed E-state index contributed by atoms with van der Waals surface area (Å²) in [6.07, 6.45) is 11.9. The van der Waals surface area contributed by atoms with Crippen LogP contribution in [0.3, 0.4) is 0 Å². The molecule has 0 nitrogen and oxygen atoms in total. The van der Waals surface area contributed by atoms with Crippen LogP contribution in [0.2, 0.25) is 0 Å². The summed E-state index contributed by atoms with van der Waals surface area (Å²) in [6, 6.07) is 5.84. The molecule has 26 heavy (non-hydrogen) atoms. The highest BCUT2D eigenvalue weighted by atomic mass is 19.4. The lowest BCUT2D eigenvalue weighted by atomic mass is 9.68. The molecular formula is C23H29F3. The van der Waals surface area contributed by atoms with Gasteiger partial charge in [-0.3, -0.25) is 0 Å². The maximum absolute atomic E-state index is 12.7. The number of hydrogen-bond donors (Lipinski definition) is 0. The molecule has 0 atom stereocenters. The molecule has 2 aliphatic rings. The van der Waals surface area contributed by atoms with Crippen molar-refractivity contribution in [1.29, 1.82) is 0 Å². The lowest BCUT2D eigenvalue weighted by Gasteiger charge is -2.37. The van der Waals surface area contributed by atoms with E-state index in [0.717, 1.165) is 30.2 Å². The van der Waals surface area contributed by atoms with E-state index in [1.807, 2.05) is 6.08 Å². The Labute approximate surface area is 155 Å². The zero-order valence-corrected chi connectivity index (χ0v) is 15.3. The molecule has 0 aliphatic heterocycles. The molecule has 0 heterocycles. The van der Waals surface area contributed by atoms with E-state index >= 15 is 0 Å². The summed E-state index contributed by atoms with van der Waals surface area (Å²) in [6.45, 7) is 3.74. The van der Waals surface area contributed by atoms with Crippen molar-refractivity contribution in [2.45, 2.75) is 63.5 Å². The van der Waals surface area contributed by atoms with Crippen molar-refractivity contribution in [3.63, 3.8) is 0 Å². The number of allylic oxidation sites excluding steroid dienone is 3. The topological polar surface area (TPSA) is 0 Å². The summed E-state index contributed by atoms with van der Waals surface area (Å²) in [4.78, 5) is 0. The second kappa shape index (κ2) is 8.45. The normalized spacial score (nSPS) is 30.4. The summed E-state index contributed by atoms with van der Waals surface area (Å²) in [7, 11) is 0. The summed E-state index contributed by atoms with van der Waals surface area (Å²) in [5, 5.41) is 0. The predicted molar refractivity (Wildman–Crippen MR) is 101 cm³/mol. The van der Waals surface area contributed by atoms with Crippen LogP contribution in [0.15, 0.2) is 49.1 Å². The second-order valence-corrected chi connectivity index (χ2v) is 8.03. The average Bonchev–Trinajstić information content (AvgIpc) is 2.66. The Kier molecular flexibility index (Phi) is 6.26. The van der Waals surface area contributed by atoms with Gasteiger partial charge in [-0.25, -0.2) is 0 Å². The van der Waals surface area contributed by atoms with Gasteiger partial charge in [0, 0.05) is 0 Å². The van der Waals surface area contributed by atoms with Crippen molar-refractivity contribution in [3.8, 4) is 0 Å². The van der Waals surface area contributed by atoms with Gasteiger partial charge in [-0.15, -0.1) is 0 Å². The van der Waals surface area contributed by atoms with Crippen LogP contribution in [0, 0.1) is 17.8 Å². The largest absolute Gasteiger partial charge is 0.416 e. The van der Waals surface area contributed by atoms with E-state index in [-0.39, 0.29) is 0 Å². The van der Waals surface area contributed by atoms with Crippen LogP contribution in [0.25, 0.3) is 0 Å². The average molecular weight is 362 g/mol. The van der Waals surface area contributed by atoms with E-state index in [1.54, 1.807) is 12.1 Å². The highest BCUT2D eigenvalue weighted by Gasteiger charge is 2.32. The molecule has 0 saturated heterocycles. The quantitative estimate of drug-likeness (QED) is 0.486. The third kappa shape index (κ3) is 4.81. The van der Waals surface area contributed by atoms with Crippen molar-refractivity contribution in [2.75, 3.05) is 0 Å². The molecule has 0 radical (unpaired) electrons. The predicted octanol–water partition coefficient (Wildman–Crippen LogP) is 7.53. The van der Waals surface area contributed by atoms with Crippen LogP contribution in [-0.2, 0) is 6.18 Å². The van der Waals surface area contributed by atoms with Gasteiger partial charge in [-0.05, 0) is 92.7 Å². The van der Waals surface area contributed by atoms with Gasteiger partial charge in [0.1, 0.15) is 0 Å². The lowest BCUT2D eigenvalue weighted by Crippen LogP contribution is -2.25. The second-order valence-electron chi connectivity index (χ2n) is 8.03. The van der Waals surface area contributed by atoms with Crippen LogP contribution in [0.4, 0.5) is 13.2 Å². The van der Waals surface area contributed by atoms with Gasteiger partial charge >= 0.3 is 6.18 Å². The van der Waals surface area contributed by atoms with Crippen LogP contribution in [-0.4, -0.2) is 0 Å². The molecule has 0 spiro atoms. The Balaban J connectivity index is 1.49. The Morgan fingerprint density at radius 1 is 0.808 bits per heavy atom. The molecule has 2 saturated carbocycles. The monoisotopic (exact) mass is 362 g/mol. The van der Waals surface area contributed by atoms with Gasteiger partial charge in [-0.2, -0.15) is 13.2 Å². The lowest BCUT2D eigenvalue weighted by molar-refractivity contribution is -0.137. The molecule has 0 amide bonds. The van der Waals surface area contributed by atoms with Crippen LogP contribution in [0.5, 0.6) is 0 Å². The summed E-state index contributed by atoms with van der Waals surface area (Å²) < 4.78 is 38.1. The van der Waals surface area contributed by atoms with Crippen LogP contribution in [0.1, 0.15) is 68.4 Å². The summed E-state index contributed by atoms with van der Waals surface area (Å²) >= 11 is 0. The minimum atomic E-state index is -4.24. The molecule has 3 rings (SSSR count). The zero-order chi connectivity index (χ0) is 18.6. The number of halogens is 3. The van der Waals surface area contributed by atoms with Crippen LogP contribution >= 0.6 is 0 Å². The summed E-state index contributed by atoms with van der Waals surface area (Å²) in [5.41, 5.74) is 0.534. The Morgan fingerprint density at radius 2 is 1.35 bits per heavy atom. The van der Waals surface area contributed by atoms with Crippen molar-refractivity contribution in [1.82, 2.24) is 0 Å². The fourth-order valence-electron chi connectivity index (χ4n) is 4.91. The highest BCUT2D eigenvalue weighted by molar-refractivity contribution is 5.27. The molecule has 0 bridgehead atoms. The molecule has 142 valence electrons. The standard InChI is InChI=1S/C23H29F3/c1-2-3-4-17-5-7-18(8-6-17)19-9-11-20(12-10-19)21-13-15-22(16-14-21)23(24,25)26/h2-4,13-20H,1,5-12H2. The fourth-order valence-corrected chi connectivity index (χ4v) is 4.91. The Morgan fingerprint density at radius 3 is 1.85 bits per heavy atom. The highest BCUT2D eigenvalue weighted by Crippen LogP contribution is 2.44. The van der Waals surface area contributed by atoms with Gasteiger partial charge in [0.05, 0.1) is 5.56 Å². The minimum Gasteiger partial charge on any atom is -0.166 e. The van der Waals surface area contributed by atoms with Crippen molar-refractivity contribution >= 4 is 0 Å². The molecule has 1 aromatic rings. The molecular weight excluding hydrogens is 333 g/mol. The number of benzene rings is 1. The number of hydrogen-bond acceptors (Lipinski definition) is 0. The van der Waals surface area contributed by atoms with E-state index in [9.17, 15) is 13.2 Å².